The molecule has 0 aromatic heterocycles. The van der Waals surface area contributed by atoms with Gasteiger partial charge in [-0.25, -0.2) is 9.18 Å². The lowest BCUT2D eigenvalue weighted by atomic mass is 9.94. The Bertz CT molecular complexity index is 497. The molecule has 1 aliphatic heterocycles. The van der Waals surface area contributed by atoms with Crippen molar-refractivity contribution in [1.82, 2.24) is 5.32 Å². The zero-order valence-electron chi connectivity index (χ0n) is 12.1. The highest BCUT2D eigenvalue weighted by molar-refractivity contribution is 5.67. The normalized spacial score (nSPS) is 17.9. The van der Waals surface area contributed by atoms with Crippen LogP contribution in [0.3, 0.4) is 0 Å². The molecule has 1 heterocycles. The summed E-state index contributed by atoms with van der Waals surface area (Å²) in [6, 6.07) is 4.75. The number of nitrogens with one attached hydrogen (secondary N) is 2. The van der Waals surface area contributed by atoms with Crippen LogP contribution < -0.4 is 10.6 Å². The van der Waals surface area contributed by atoms with Crippen LogP contribution in [0.4, 0.5) is 14.9 Å². The lowest BCUT2D eigenvalue weighted by molar-refractivity contribution is 0.0520. The second-order valence-electron chi connectivity index (χ2n) is 6.14. The van der Waals surface area contributed by atoms with Gasteiger partial charge in [-0.05, 0) is 56.9 Å². The van der Waals surface area contributed by atoms with Crippen molar-refractivity contribution in [2.45, 2.75) is 32.8 Å². The average molecular weight is 280 g/mol. The van der Waals surface area contributed by atoms with E-state index < -0.39 is 11.7 Å². The van der Waals surface area contributed by atoms with Gasteiger partial charge in [-0.15, -0.1) is 0 Å². The highest BCUT2D eigenvalue weighted by Gasteiger charge is 2.21. The van der Waals surface area contributed by atoms with Crippen molar-refractivity contribution in [3.63, 3.8) is 0 Å². The van der Waals surface area contributed by atoms with E-state index in [1.807, 2.05) is 20.8 Å². The highest BCUT2D eigenvalue weighted by atomic mass is 19.1. The number of hydrogen-bond donors (Lipinski definition) is 2. The summed E-state index contributed by atoms with van der Waals surface area (Å²) in [6.07, 6.45) is 0.332. The summed E-state index contributed by atoms with van der Waals surface area (Å²) in [6.45, 7) is 6.75. The molecule has 4 nitrogen and oxygen atoms in total. The monoisotopic (exact) mass is 280 g/mol. The number of anilines is 1. The maximum absolute atomic E-state index is 13.2. The Morgan fingerprint density at radius 3 is 2.95 bits per heavy atom. The molecular weight excluding hydrogens is 259 g/mol. The van der Waals surface area contributed by atoms with E-state index in [-0.39, 0.29) is 11.7 Å². The first kappa shape index (κ1) is 14.6. The number of carbonyl (C=O) groups is 1. The quantitative estimate of drug-likeness (QED) is 0.875. The maximum Gasteiger partial charge on any atom is 0.407 e. The van der Waals surface area contributed by atoms with Gasteiger partial charge in [0.1, 0.15) is 11.4 Å². The van der Waals surface area contributed by atoms with Gasteiger partial charge in [0.05, 0.1) is 0 Å². The largest absolute Gasteiger partial charge is 0.444 e. The van der Waals surface area contributed by atoms with Crippen molar-refractivity contribution < 1.29 is 13.9 Å². The third-order valence-electron chi connectivity index (χ3n) is 3.09. The molecule has 1 aromatic rings. The second kappa shape index (κ2) is 5.69. The second-order valence-corrected chi connectivity index (χ2v) is 6.14. The number of benzene rings is 1. The van der Waals surface area contributed by atoms with Crippen molar-refractivity contribution >= 4 is 11.8 Å². The van der Waals surface area contributed by atoms with Crippen LogP contribution in [-0.4, -0.2) is 24.8 Å². The lowest BCUT2D eigenvalue weighted by Gasteiger charge is -2.27. The smallest absolute Gasteiger partial charge is 0.407 e. The van der Waals surface area contributed by atoms with Gasteiger partial charge in [0.15, 0.2) is 0 Å². The molecule has 0 saturated heterocycles. The van der Waals surface area contributed by atoms with E-state index in [9.17, 15) is 9.18 Å². The summed E-state index contributed by atoms with van der Waals surface area (Å²) < 4.78 is 18.4. The molecule has 0 fully saturated rings. The van der Waals surface area contributed by atoms with E-state index in [4.69, 9.17) is 4.74 Å². The van der Waals surface area contributed by atoms with Crippen molar-refractivity contribution in [1.29, 1.82) is 0 Å². The average Bonchev–Trinajstić information content (AvgIpc) is 2.33. The molecule has 110 valence electrons. The van der Waals surface area contributed by atoms with Crippen LogP contribution in [0, 0.1) is 11.7 Å². The van der Waals surface area contributed by atoms with E-state index in [2.05, 4.69) is 10.6 Å². The predicted octanol–water partition coefficient (Wildman–Crippen LogP) is 2.93. The van der Waals surface area contributed by atoms with Crippen LogP contribution >= 0.6 is 0 Å². The van der Waals surface area contributed by atoms with Crippen LogP contribution in [-0.2, 0) is 11.2 Å². The van der Waals surface area contributed by atoms with E-state index >= 15 is 0 Å². The van der Waals surface area contributed by atoms with Crippen molar-refractivity contribution in [2.75, 3.05) is 18.4 Å². The summed E-state index contributed by atoms with van der Waals surface area (Å²) in [5.74, 6) is 0.00289. The Kier molecular flexibility index (Phi) is 4.16. The molecule has 2 rings (SSSR count). The molecule has 1 aromatic carbocycles. The fraction of sp³-hybridized carbons (Fsp3) is 0.533. The number of hydrogen-bond acceptors (Lipinski definition) is 3. The van der Waals surface area contributed by atoms with Gasteiger partial charge >= 0.3 is 6.09 Å². The summed E-state index contributed by atoms with van der Waals surface area (Å²) in [4.78, 5) is 11.6. The van der Waals surface area contributed by atoms with Gasteiger partial charge in [-0.2, -0.15) is 0 Å². The minimum atomic E-state index is -0.495. The molecule has 1 atom stereocenters. The fourth-order valence-corrected chi connectivity index (χ4v) is 2.23. The minimum Gasteiger partial charge on any atom is -0.444 e. The molecule has 0 bridgehead atoms. The van der Waals surface area contributed by atoms with Crippen molar-refractivity contribution in [2.24, 2.45) is 5.92 Å². The first-order valence-corrected chi connectivity index (χ1v) is 6.82. The van der Waals surface area contributed by atoms with E-state index in [0.717, 1.165) is 24.2 Å². The molecule has 0 spiro atoms. The molecule has 0 radical (unpaired) electrons. The molecule has 0 saturated carbocycles. The van der Waals surface area contributed by atoms with Crippen LogP contribution in [0.15, 0.2) is 18.2 Å². The van der Waals surface area contributed by atoms with E-state index in [1.165, 1.54) is 6.07 Å². The Labute approximate surface area is 118 Å². The number of fused-ring (bicyclic) bond motifs is 1. The third kappa shape index (κ3) is 4.11. The number of alkyl carbamates (subject to hydrolysis) is 1. The van der Waals surface area contributed by atoms with Crippen LogP contribution in [0.1, 0.15) is 26.3 Å². The van der Waals surface area contributed by atoms with Gasteiger partial charge in [-0.1, -0.05) is 0 Å². The Morgan fingerprint density at radius 2 is 2.25 bits per heavy atom. The van der Waals surface area contributed by atoms with E-state index in [0.29, 0.717) is 6.54 Å². The number of carbonyl (C=O) groups excluding carboxylic acids is 1. The predicted molar refractivity (Wildman–Crippen MR) is 76.3 cm³/mol. The van der Waals surface area contributed by atoms with Gasteiger partial charge in [0, 0.05) is 18.8 Å². The van der Waals surface area contributed by atoms with Gasteiger partial charge in [0.25, 0.3) is 0 Å². The van der Waals surface area contributed by atoms with Crippen LogP contribution in [0.25, 0.3) is 0 Å². The van der Waals surface area contributed by atoms with Gasteiger partial charge < -0.3 is 15.4 Å². The number of halogens is 1. The molecular formula is C15H21FN2O2. The topological polar surface area (TPSA) is 50.4 Å². The first-order valence-electron chi connectivity index (χ1n) is 6.82. The standard InChI is InChI=1S/C15H21FN2O2/c1-15(2,3)20-14(19)18-9-10-6-11-7-12(16)4-5-13(11)17-8-10/h4-5,7,10,17H,6,8-9H2,1-3H3,(H,18,19)/t10-/m1/s1. The minimum absolute atomic E-state index is 0.230. The maximum atomic E-state index is 13.2. The zero-order valence-corrected chi connectivity index (χ0v) is 12.1. The van der Waals surface area contributed by atoms with Crippen molar-refractivity contribution in [3.8, 4) is 0 Å². The summed E-state index contributed by atoms with van der Waals surface area (Å²) in [5.41, 5.74) is 1.43. The van der Waals surface area contributed by atoms with Crippen molar-refractivity contribution in [3.05, 3.63) is 29.6 Å². The molecule has 2 N–H and O–H groups in total. The molecule has 0 unspecified atom stereocenters. The summed E-state index contributed by atoms with van der Waals surface area (Å²) in [7, 11) is 0. The number of ether oxygens (including phenoxy) is 1. The van der Waals surface area contributed by atoms with Gasteiger partial charge in [-0.3, -0.25) is 0 Å². The van der Waals surface area contributed by atoms with E-state index in [1.54, 1.807) is 12.1 Å². The third-order valence-corrected chi connectivity index (χ3v) is 3.09. The van der Waals surface area contributed by atoms with Crippen LogP contribution in [0.5, 0.6) is 0 Å². The molecule has 0 aliphatic carbocycles. The summed E-state index contributed by atoms with van der Waals surface area (Å²) >= 11 is 0. The Hall–Kier alpha value is -1.78. The first-order chi connectivity index (χ1) is 9.33. The fourth-order valence-electron chi connectivity index (χ4n) is 2.23. The molecule has 5 heteroatoms. The summed E-state index contributed by atoms with van der Waals surface area (Å²) in [5, 5.41) is 6.01. The van der Waals surface area contributed by atoms with Gasteiger partial charge in [0.2, 0.25) is 0 Å². The zero-order chi connectivity index (χ0) is 14.8. The molecule has 1 aliphatic rings. The Balaban J connectivity index is 1.86. The SMILES string of the molecule is CC(C)(C)OC(=O)NC[C@H]1CNc2ccc(F)cc2C1. The number of amides is 1. The molecule has 1 amide bonds. The Morgan fingerprint density at radius 1 is 1.50 bits per heavy atom. The number of rotatable bonds is 2. The van der Waals surface area contributed by atoms with Crippen LogP contribution in [0.2, 0.25) is 0 Å². The lowest BCUT2D eigenvalue weighted by Crippen LogP contribution is -2.38. The highest BCUT2D eigenvalue weighted by Crippen LogP contribution is 2.25. The molecule has 20 heavy (non-hydrogen) atoms.